The summed E-state index contributed by atoms with van der Waals surface area (Å²) in [6.07, 6.45) is 0. The quantitative estimate of drug-likeness (QED) is 0.925. The molecule has 112 valence electrons. The van der Waals surface area contributed by atoms with E-state index in [-0.39, 0.29) is 5.78 Å². The molecule has 0 bridgehead atoms. The van der Waals surface area contributed by atoms with E-state index in [0.717, 1.165) is 11.3 Å². The van der Waals surface area contributed by atoms with E-state index in [1.807, 2.05) is 48.3 Å². The Labute approximate surface area is 129 Å². The van der Waals surface area contributed by atoms with Gasteiger partial charge in [0.25, 0.3) is 0 Å². The van der Waals surface area contributed by atoms with Crippen LogP contribution in [0.3, 0.4) is 0 Å². The Morgan fingerprint density at radius 3 is 2.64 bits per heavy atom. The fourth-order valence-electron chi connectivity index (χ4n) is 2.97. The second-order valence-electron chi connectivity index (χ2n) is 5.64. The monoisotopic (exact) mass is 295 g/mol. The molecular formula is C18H17NO3. The number of hydrogen-bond acceptors (Lipinski definition) is 3. The summed E-state index contributed by atoms with van der Waals surface area (Å²) in [6.45, 7) is 2.24. The SMILES string of the molecule is CC(C(=O)O)c1cccc2c1C(=O)c1ccccc1CN2C. The molecule has 1 N–H and O–H groups in total. The predicted molar refractivity (Wildman–Crippen MR) is 84.5 cm³/mol. The molecule has 0 saturated carbocycles. The van der Waals surface area contributed by atoms with Crippen molar-refractivity contribution < 1.29 is 14.7 Å². The van der Waals surface area contributed by atoms with Gasteiger partial charge in [-0.25, -0.2) is 0 Å². The average Bonchev–Trinajstić information content (AvgIpc) is 2.62. The van der Waals surface area contributed by atoms with Gasteiger partial charge in [0.15, 0.2) is 5.78 Å². The molecule has 2 aromatic rings. The van der Waals surface area contributed by atoms with E-state index in [1.165, 1.54) is 0 Å². The summed E-state index contributed by atoms with van der Waals surface area (Å²) in [5.41, 5.74) is 3.47. The number of nitrogens with zero attached hydrogens (tertiary/aromatic N) is 1. The van der Waals surface area contributed by atoms with Crippen LogP contribution in [0.15, 0.2) is 42.5 Å². The van der Waals surface area contributed by atoms with Crippen LogP contribution in [0, 0.1) is 0 Å². The maximum Gasteiger partial charge on any atom is 0.310 e. The lowest BCUT2D eigenvalue weighted by Gasteiger charge is -2.21. The van der Waals surface area contributed by atoms with Gasteiger partial charge in [0.2, 0.25) is 0 Å². The Hall–Kier alpha value is -2.62. The van der Waals surface area contributed by atoms with E-state index in [4.69, 9.17) is 0 Å². The lowest BCUT2D eigenvalue weighted by atomic mass is 9.89. The van der Waals surface area contributed by atoms with Crippen LogP contribution in [0.4, 0.5) is 5.69 Å². The van der Waals surface area contributed by atoms with Gasteiger partial charge in [0, 0.05) is 30.4 Å². The van der Waals surface area contributed by atoms with Crippen LogP contribution in [-0.2, 0) is 11.3 Å². The topological polar surface area (TPSA) is 57.6 Å². The van der Waals surface area contributed by atoms with E-state index in [0.29, 0.717) is 23.2 Å². The number of hydrogen-bond donors (Lipinski definition) is 1. The normalized spacial score (nSPS) is 14.8. The highest BCUT2D eigenvalue weighted by Crippen LogP contribution is 2.34. The molecule has 1 aliphatic rings. The predicted octanol–water partition coefficient (Wildman–Crippen LogP) is 3.06. The van der Waals surface area contributed by atoms with Crippen molar-refractivity contribution in [3.8, 4) is 0 Å². The number of carboxylic acids is 1. The van der Waals surface area contributed by atoms with Crippen molar-refractivity contribution in [1.82, 2.24) is 0 Å². The summed E-state index contributed by atoms with van der Waals surface area (Å²) in [7, 11) is 1.92. The fourth-order valence-corrected chi connectivity index (χ4v) is 2.97. The summed E-state index contributed by atoms with van der Waals surface area (Å²) in [5, 5.41) is 9.33. The standard InChI is InChI=1S/C18H17NO3/c1-11(18(21)22)13-8-5-9-15-16(13)17(20)14-7-4-3-6-12(14)10-19(15)2/h3-9,11H,10H2,1-2H3,(H,21,22). The van der Waals surface area contributed by atoms with Crippen molar-refractivity contribution in [3.05, 3.63) is 64.7 Å². The molecule has 22 heavy (non-hydrogen) atoms. The first kappa shape index (κ1) is 14.3. The molecule has 4 heteroatoms. The lowest BCUT2D eigenvalue weighted by Crippen LogP contribution is -2.18. The minimum Gasteiger partial charge on any atom is -0.481 e. The molecule has 1 atom stereocenters. The summed E-state index contributed by atoms with van der Waals surface area (Å²) in [4.78, 5) is 26.4. The summed E-state index contributed by atoms with van der Waals surface area (Å²) >= 11 is 0. The molecule has 0 amide bonds. The van der Waals surface area contributed by atoms with E-state index < -0.39 is 11.9 Å². The Bertz CT molecular complexity index is 767. The van der Waals surface area contributed by atoms with Gasteiger partial charge in [-0.2, -0.15) is 0 Å². The summed E-state index contributed by atoms with van der Waals surface area (Å²) < 4.78 is 0. The van der Waals surface area contributed by atoms with Crippen LogP contribution in [0.1, 0.15) is 39.9 Å². The summed E-state index contributed by atoms with van der Waals surface area (Å²) in [5.74, 6) is -1.75. The van der Waals surface area contributed by atoms with Crippen molar-refractivity contribution in [2.75, 3.05) is 11.9 Å². The third kappa shape index (κ3) is 2.17. The van der Waals surface area contributed by atoms with Crippen LogP contribution in [0.25, 0.3) is 0 Å². The Morgan fingerprint density at radius 2 is 1.91 bits per heavy atom. The van der Waals surface area contributed by atoms with Gasteiger partial charge in [-0.3, -0.25) is 9.59 Å². The third-order valence-electron chi connectivity index (χ3n) is 4.22. The third-order valence-corrected chi connectivity index (χ3v) is 4.22. The minimum absolute atomic E-state index is 0.0985. The first-order valence-corrected chi connectivity index (χ1v) is 7.20. The van der Waals surface area contributed by atoms with E-state index in [1.54, 1.807) is 13.0 Å². The molecule has 3 rings (SSSR count). The van der Waals surface area contributed by atoms with Gasteiger partial charge in [-0.1, -0.05) is 36.4 Å². The number of carbonyl (C=O) groups excluding carboxylic acids is 1. The van der Waals surface area contributed by atoms with Crippen molar-refractivity contribution >= 4 is 17.4 Å². The van der Waals surface area contributed by atoms with E-state index >= 15 is 0 Å². The second-order valence-corrected chi connectivity index (χ2v) is 5.64. The van der Waals surface area contributed by atoms with Gasteiger partial charge in [-0.05, 0) is 24.1 Å². The van der Waals surface area contributed by atoms with Crippen molar-refractivity contribution in [2.24, 2.45) is 0 Å². The number of carbonyl (C=O) groups is 2. The van der Waals surface area contributed by atoms with Gasteiger partial charge in [0.05, 0.1) is 5.92 Å². The van der Waals surface area contributed by atoms with Gasteiger partial charge in [0.1, 0.15) is 0 Å². The zero-order valence-electron chi connectivity index (χ0n) is 12.5. The average molecular weight is 295 g/mol. The first-order chi connectivity index (χ1) is 10.5. The number of benzene rings is 2. The van der Waals surface area contributed by atoms with Gasteiger partial charge >= 0.3 is 5.97 Å². The Balaban J connectivity index is 2.27. The van der Waals surface area contributed by atoms with Crippen molar-refractivity contribution in [3.63, 3.8) is 0 Å². The lowest BCUT2D eigenvalue weighted by molar-refractivity contribution is -0.138. The maximum atomic E-state index is 13.0. The summed E-state index contributed by atoms with van der Waals surface area (Å²) in [6, 6.07) is 12.9. The number of anilines is 1. The number of fused-ring (bicyclic) bond motifs is 2. The van der Waals surface area contributed by atoms with Gasteiger partial charge < -0.3 is 10.0 Å². The van der Waals surface area contributed by atoms with Gasteiger partial charge in [-0.15, -0.1) is 0 Å². The molecule has 0 aliphatic carbocycles. The molecule has 0 spiro atoms. The largest absolute Gasteiger partial charge is 0.481 e. The smallest absolute Gasteiger partial charge is 0.310 e. The Morgan fingerprint density at radius 1 is 1.18 bits per heavy atom. The molecule has 0 saturated heterocycles. The van der Waals surface area contributed by atoms with E-state index in [9.17, 15) is 14.7 Å². The van der Waals surface area contributed by atoms with Crippen LogP contribution >= 0.6 is 0 Å². The molecular weight excluding hydrogens is 278 g/mol. The first-order valence-electron chi connectivity index (χ1n) is 7.20. The molecule has 4 nitrogen and oxygen atoms in total. The molecule has 1 heterocycles. The minimum atomic E-state index is -0.929. The zero-order valence-corrected chi connectivity index (χ0v) is 12.5. The molecule has 0 radical (unpaired) electrons. The highest BCUT2D eigenvalue weighted by Gasteiger charge is 2.29. The van der Waals surface area contributed by atoms with Crippen LogP contribution < -0.4 is 4.90 Å². The van der Waals surface area contributed by atoms with Crippen molar-refractivity contribution in [1.29, 1.82) is 0 Å². The Kier molecular flexibility index (Phi) is 3.45. The van der Waals surface area contributed by atoms with Crippen LogP contribution in [0.2, 0.25) is 0 Å². The highest BCUT2D eigenvalue weighted by atomic mass is 16.4. The van der Waals surface area contributed by atoms with Crippen molar-refractivity contribution in [2.45, 2.75) is 19.4 Å². The number of carboxylic acid groups (broad SMARTS) is 1. The fraction of sp³-hybridized carbons (Fsp3) is 0.222. The van der Waals surface area contributed by atoms with Crippen LogP contribution in [0.5, 0.6) is 0 Å². The number of rotatable bonds is 2. The molecule has 0 aromatic heterocycles. The number of ketones is 1. The highest BCUT2D eigenvalue weighted by molar-refractivity contribution is 6.15. The number of aliphatic carboxylic acids is 1. The molecule has 0 fully saturated rings. The van der Waals surface area contributed by atoms with Crippen LogP contribution in [-0.4, -0.2) is 23.9 Å². The molecule has 1 unspecified atom stereocenters. The molecule has 2 aromatic carbocycles. The second kappa shape index (κ2) is 5.30. The van der Waals surface area contributed by atoms with E-state index in [2.05, 4.69) is 0 Å². The maximum absolute atomic E-state index is 13.0. The zero-order chi connectivity index (χ0) is 15.9. The molecule has 1 aliphatic heterocycles.